The number of carbonyl (C=O) groups excluding carboxylic acids is 4. The Labute approximate surface area is 524 Å². The molecule has 0 unspecified atom stereocenters. The number of ether oxygens (including phenoxy) is 10. The van der Waals surface area contributed by atoms with Gasteiger partial charge in [0.2, 0.25) is 29.9 Å². The van der Waals surface area contributed by atoms with Gasteiger partial charge in [-0.05, 0) is 35.4 Å². The van der Waals surface area contributed by atoms with Crippen LogP contribution in [-0.4, -0.2) is 304 Å². The van der Waals surface area contributed by atoms with E-state index in [0.29, 0.717) is 5.56 Å². The van der Waals surface area contributed by atoms with E-state index < -0.39 is 222 Å². The number of nitrogens with one attached hydrogen (secondary N) is 3. The SMILES string of the molecule is NC(=O)[C@H](Cc1ccccc1)NC(=O)[C@H](Cc1ccccc1)NC(=O)CCC(=O)Nc1ccc(O[C@H]2O[C@H](CO)[C@@H](O[C@H]3O[C@H](CO)[C@@H](O[C@H]4O[C@H](CO)[C@@H](O[C@H]5O[C@H](CO)[C@@H](O[C@H]6O[C@H](CO)[C@@H](O)[C@H](O)[C@H]6O)[C@H](O)[C@H]5O)[C@H](O)[C@H]4O)[C@H](O)[C@H]3O)[C@H](O)[C@H]2O)cc1. The zero-order valence-corrected chi connectivity index (χ0v) is 49.0. The Morgan fingerprint density at radius 2 is 0.750 bits per heavy atom. The molecule has 8 rings (SSSR count). The van der Waals surface area contributed by atoms with Crippen molar-refractivity contribution in [2.45, 2.75) is 191 Å². The second-order valence-corrected chi connectivity index (χ2v) is 22.6. The highest BCUT2D eigenvalue weighted by molar-refractivity contribution is 5.95. The summed E-state index contributed by atoms with van der Waals surface area (Å²) in [5.41, 5.74) is 7.31. The van der Waals surface area contributed by atoms with Gasteiger partial charge < -0.3 is 151 Å². The maximum Gasteiger partial charge on any atom is 0.243 e. The number of benzene rings is 3. The number of rotatable bonds is 27. The van der Waals surface area contributed by atoms with Crippen molar-refractivity contribution in [2.24, 2.45) is 5.73 Å². The normalized spacial score (nSPS) is 37.3. The number of carbonyl (C=O) groups is 4. The predicted octanol–water partition coefficient (Wildman–Crippen LogP) is -9.18. The van der Waals surface area contributed by atoms with Crippen molar-refractivity contribution in [3.63, 3.8) is 0 Å². The number of nitrogens with two attached hydrogens (primary N) is 1. The van der Waals surface area contributed by atoms with Crippen LogP contribution in [0.4, 0.5) is 5.69 Å². The minimum Gasteiger partial charge on any atom is -0.462 e. The van der Waals surface area contributed by atoms with Crippen LogP contribution < -0.4 is 26.4 Å². The molecule has 5 heterocycles. The van der Waals surface area contributed by atoms with Crippen molar-refractivity contribution < 1.29 is 148 Å². The van der Waals surface area contributed by atoms with E-state index in [0.717, 1.165) is 5.56 Å². The largest absolute Gasteiger partial charge is 0.462 e. The third kappa shape index (κ3) is 17.4. The quantitative estimate of drug-likeness (QED) is 0.0337. The van der Waals surface area contributed by atoms with Gasteiger partial charge in [-0.3, -0.25) is 19.2 Å². The standard InChI is InChI=1S/C58H80N4O30/c59-52(81)28(17-24-7-3-1-4-8-24)62-53(82)29(18-25-9-5-2-6-10-25)61-36(69)16-15-35(68)60-26-11-13-27(14-12-26)83-54-44(77)39(72)48(31(20-64)85-54)90-56-46(79)41(74)50(33(22-66)87-56)92-58-47(80)42(75)51(34(23-67)88-58)91-57-45(78)40(73)49(32(21-65)86-57)89-55-43(76)38(71)37(70)30(19-63)84-55/h1-14,28-34,37-51,54-58,63-67,70-80H,15-23H2,(H2,59,81)(H,60,68)(H,61,69)(H,62,82)/t28-,29-,30+,31+,32+,33+,34+,37+,38-,39+,40+,41+,42+,43+,44+,45+,46+,47+,48+,49+,50+,51+,54-,55+,56+,57+,58+/m0/s1. The molecule has 0 spiro atoms. The van der Waals surface area contributed by atoms with Gasteiger partial charge in [-0.2, -0.15) is 0 Å². The van der Waals surface area contributed by atoms with Gasteiger partial charge in [0, 0.05) is 31.4 Å². The number of aliphatic hydroxyl groups is 16. The van der Waals surface area contributed by atoms with Crippen molar-refractivity contribution in [3.05, 3.63) is 96.1 Å². The van der Waals surface area contributed by atoms with Gasteiger partial charge in [-0.15, -0.1) is 0 Å². The second-order valence-electron chi connectivity index (χ2n) is 22.6. The summed E-state index contributed by atoms with van der Waals surface area (Å²) in [6.45, 7) is -4.74. The maximum atomic E-state index is 13.6. The van der Waals surface area contributed by atoms with Gasteiger partial charge in [0.15, 0.2) is 25.2 Å². The zero-order chi connectivity index (χ0) is 66.7. The summed E-state index contributed by atoms with van der Waals surface area (Å²) in [7, 11) is 0. The van der Waals surface area contributed by atoms with Gasteiger partial charge in [0.05, 0.1) is 33.0 Å². The Morgan fingerprint density at radius 3 is 1.14 bits per heavy atom. The minimum absolute atomic E-state index is 0.0191. The van der Waals surface area contributed by atoms with E-state index in [2.05, 4.69) is 16.0 Å². The molecule has 27 atom stereocenters. The number of hydrogen-bond donors (Lipinski definition) is 20. The van der Waals surface area contributed by atoms with Crippen LogP contribution in [-0.2, 0) is 74.7 Å². The molecule has 0 saturated carbocycles. The van der Waals surface area contributed by atoms with Crippen LogP contribution in [0.15, 0.2) is 84.9 Å². The average Bonchev–Trinajstić information content (AvgIpc) is 0.896. The van der Waals surface area contributed by atoms with E-state index in [1.807, 2.05) is 0 Å². The molecule has 512 valence electrons. The number of anilines is 1. The lowest BCUT2D eigenvalue weighted by Gasteiger charge is -2.49. The maximum absolute atomic E-state index is 13.6. The Morgan fingerprint density at radius 1 is 0.402 bits per heavy atom. The molecule has 5 aliphatic heterocycles. The van der Waals surface area contributed by atoms with E-state index >= 15 is 0 Å². The highest BCUT2D eigenvalue weighted by Gasteiger charge is 2.57. The molecular weight excluding hydrogens is 1230 g/mol. The number of primary amides is 1. The molecule has 3 aromatic rings. The van der Waals surface area contributed by atoms with Crippen molar-refractivity contribution in [3.8, 4) is 5.75 Å². The molecule has 0 radical (unpaired) electrons. The molecule has 5 aliphatic rings. The van der Waals surface area contributed by atoms with Crippen molar-refractivity contribution >= 4 is 29.3 Å². The fraction of sp³-hybridized carbons (Fsp3) is 0.621. The molecule has 5 fully saturated rings. The minimum atomic E-state index is -2.18. The Kier molecular flexibility index (Phi) is 26.0. The first-order valence-electron chi connectivity index (χ1n) is 29.4. The van der Waals surface area contributed by atoms with Crippen LogP contribution in [0.3, 0.4) is 0 Å². The highest BCUT2D eigenvalue weighted by atomic mass is 16.8. The first-order valence-corrected chi connectivity index (χ1v) is 29.4. The number of hydrogen-bond acceptors (Lipinski definition) is 30. The predicted molar refractivity (Wildman–Crippen MR) is 303 cm³/mol. The van der Waals surface area contributed by atoms with E-state index in [1.165, 1.54) is 24.3 Å². The third-order valence-corrected chi connectivity index (χ3v) is 16.1. The summed E-state index contributed by atoms with van der Waals surface area (Å²) in [4.78, 5) is 52.1. The highest BCUT2D eigenvalue weighted by Crippen LogP contribution is 2.36. The van der Waals surface area contributed by atoms with Gasteiger partial charge in [-0.1, -0.05) is 60.7 Å². The first kappa shape index (κ1) is 72.2. The number of aliphatic hydroxyl groups excluding tert-OH is 16. The summed E-state index contributed by atoms with van der Waals surface area (Å²) < 4.78 is 56.5. The molecule has 3 aromatic carbocycles. The van der Waals surface area contributed by atoms with Gasteiger partial charge in [0.1, 0.15) is 140 Å². The van der Waals surface area contributed by atoms with Crippen LogP contribution in [0.25, 0.3) is 0 Å². The van der Waals surface area contributed by atoms with E-state index in [-0.39, 0.29) is 37.1 Å². The van der Waals surface area contributed by atoms with E-state index in [1.54, 1.807) is 60.7 Å². The van der Waals surface area contributed by atoms with E-state index in [9.17, 15) is 101 Å². The average molecular weight is 1310 g/mol. The topological polar surface area (TPSA) is 546 Å². The molecule has 92 heavy (non-hydrogen) atoms. The van der Waals surface area contributed by atoms with E-state index in [4.69, 9.17) is 53.1 Å². The fourth-order valence-corrected chi connectivity index (χ4v) is 11.0. The van der Waals surface area contributed by atoms with Crippen LogP contribution in [0, 0.1) is 0 Å². The van der Waals surface area contributed by atoms with Crippen molar-refractivity contribution in [2.75, 3.05) is 38.4 Å². The molecule has 21 N–H and O–H groups in total. The molecule has 5 saturated heterocycles. The molecule has 0 aromatic heterocycles. The van der Waals surface area contributed by atoms with Gasteiger partial charge in [0.25, 0.3) is 0 Å². The summed E-state index contributed by atoms with van der Waals surface area (Å²) >= 11 is 0. The van der Waals surface area contributed by atoms with Crippen LogP contribution >= 0.6 is 0 Å². The molecule has 0 bridgehead atoms. The van der Waals surface area contributed by atoms with Crippen LogP contribution in [0.1, 0.15) is 24.0 Å². The Balaban J connectivity index is 0.807. The molecule has 4 amide bonds. The van der Waals surface area contributed by atoms with Gasteiger partial charge >= 0.3 is 0 Å². The van der Waals surface area contributed by atoms with Crippen molar-refractivity contribution in [1.29, 1.82) is 0 Å². The summed E-state index contributed by atoms with van der Waals surface area (Å²) in [6.07, 6.45) is -47.5. The van der Waals surface area contributed by atoms with Gasteiger partial charge in [-0.25, -0.2) is 0 Å². The Bertz CT molecular complexity index is 2800. The second kappa shape index (κ2) is 33.1. The third-order valence-electron chi connectivity index (χ3n) is 16.1. The smallest absolute Gasteiger partial charge is 0.243 e. The molecular formula is C58H80N4O30. The monoisotopic (exact) mass is 1310 g/mol. The first-order chi connectivity index (χ1) is 44.0. The fourth-order valence-electron chi connectivity index (χ4n) is 11.0. The zero-order valence-electron chi connectivity index (χ0n) is 49.0. The Hall–Kier alpha value is -5.66. The lowest BCUT2D eigenvalue weighted by Crippen LogP contribution is -2.68. The molecule has 0 aliphatic carbocycles. The van der Waals surface area contributed by atoms with Crippen LogP contribution in [0.2, 0.25) is 0 Å². The summed E-state index contributed by atoms with van der Waals surface area (Å²) in [6, 6.07) is 21.0. The number of amides is 4. The lowest BCUT2D eigenvalue weighted by atomic mass is 9.95. The lowest BCUT2D eigenvalue weighted by molar-refractivity contribution is -0.392. The summed E-state index contributed by atoms with van der Waals surface area (Å²) in [5, 5.41) is 179. The summed E-state index contributed by atoms with van der Waals surface area (Å²) in [5.74, 6) is -2.66. The molecule has 34 nitrogen and oxygen atoms in total. The molecule has 34 heteroatoms. The van der Waals surface area contributed by atoms with Crippen molar-refractivity contribution in [1.82, 2.24) is 10.6 Å². The van der Waals surface area contributed by atoms with Crippen LogP contribution in [0.5, 0.6) is 5.75 Å².